The van der Waals surface area contributed by atoms with Gasteiger partial charge in [-0.3, -0.25) is 0 Å². The van der Waals surface area contributed by atoms with Gasteiger partial charge in [-0.05, 0) is 68.4 Å². The second-order valence-electron chi connectivity index (χ2n) is 6.62. The first-order valence-corrected chi connectivity index (χ1v) is 8.98. The lowest BCUT2D eigenvalue weighted by Gasteiger charge is -2.22. The van der Waals surface area contributed by atoms with Gasteiger partial charge in [0.1, 0.15) is 0 Å². The molecule has 0 amide bonds. The minimum Gasteiger partial charge on any atom is -0.371 e. The molecule has 0 atom stereocenters. The third kappa shape index (κ3) is 7.13. The maximum absolute atomic E-state index is 12.0. The number of rotatable bonds is 9. The highest BCUT2D eigenvalue weighted by Gasteiger charge is 2.06. The van der Waals surface area contributed by atoms with Gasteiger partial charge in [0.25, 0.3) is 0 Å². The standard InChI is InChI=1S/C23H32FN/c1-7-22-13-12-19(3)23(16-22)17-25(6)21(5)15-20(4)18(2)11-9-8-10-14-24/h10-16H,5,7-9,17H2,1-4,6H3/b14-10+,18-11+,20-15+. The van der Waals surface area contributed by atoms with Crippen molar-refractivity contribution in [1.82, 2.24) is 4.90 Å². The molecule has 0 aliphatic rings. The van der Waals surface area contributed by atoms with Gasteiger partial charge in [0.15, 0.2) is 0 Å². The molecule has 0 bridgehead atoms. The van der Waals surface area contributed by atoms with Gasteiger partial charge < -0.3 is 4.90 Å². The molecule has 136 valence electrons. The van der Waals surface area contributed by atoms with Crippen molar-refractivity contribution in [1.29, 1.82) is 0 Å². The first-order valence-electron chi connectivity index (χ1n) is 8.98. The van der Waals surface area contributed by atoms with Crippen LogP contribution in [0.4, 0.5) is 4.39 Å². The minimum atomic E-state index is 0.609. The SMILES string of the molecule is C=C(/C=C(C)/C(C)=C/CC/C=C/F)N(C)Cc1cc(CC)ccc1C. The minimum absolute atomic E-state index is 0.609. The van der Waals surface area contributed by atoms with Gasteiger partial charge >= 0.3 is 0 Å². The Labute approximate surface area is 153 Å². The van der Waals surface area contributed by atoms with Crippen LogP contribution >= 0.6 is 0 Å². The highest BCUT2D eigenvalue weighted by Crippen LogP contribution is 2.18. The van der Waals surface area contributed by atoms with Gasteiger partial charge in [-0.2, -0.15) is 0 Å². The molecule has 0 saturated heterocycles. The molecule has 0 saturated carbocycles. The molecular formula is C23H32FN. The molecule has 0 spiro atoms. The fourth-order valence-corrected chi connectivity index (χ4v) is 2.57. The predicted octanol–water partition coefficient (Wildman–Crippen LogP) is 6.66. The lowest BCUT2D eigenvalue weighted by molar-refractivity contribution is 0.424. The summed E-state index contributed by atoms with van der Waals surface area (Å²) >= 11 is 0. The van der Waals surface area contributed by atoms with E-state index < -0.39 is 0 Å². The van der Waals surface area contributed by atoms with E-state index in [-0.39, 0.29) is 0 Å². The van der Waals surface area contributed by atoms with E-state index in [0.29, 0.717) is 6.33 Å². The quantitative estimate of drug-likeness (QED) is 0.358. The molecule has 1 rings (SSSR count). The van der Waals surface area contributed by atoms with Crippen LogP contribution in [-0.4, -0.2) is 11.9 Å². The Bertz CT molecular complexity index is 665. The van der Waals surface area contributed by atoms with E-state index in [0.717, 1.165) is 31.5 Å². The summed E-state index contributed by atoms with van der Waals surface area (Å²) in [5.74, 6) is 0. The Morgan fingerprint density at radius 3 is 2.56 bits per heavy atom. The number of allylic oxidation sites excluding steroid dienone is 5. The van der Waals surface area contributed by atoms with E-state index in [9.17, 15) is 4.39 Å². The molecule has 0 unspecified atom stereocenters. The lowest BCUT2D eigenvalue weighted by Crippen LogP contribution is -2.16. The van der Waals surface area contributed by atoms with Crippen molar-refractivity contribution in [2.24, 2.45) is 0 Å². The number of hydrogen-bond acceptors (Lipinski definition) is 1. The Morgan fingerprint density at radius 1 is 1.20 bits per heavy atom. The van der Waals surface area contributed by atoms with E-state index in [1.807, 2.05) is 0 Å². The second kappa shape index (κ2) is 10.7. The molecule has 0 aromatic heterocycles. The summed E-state index contributed by atoms with van der Waals surface area (Å²) in [4.78, 5) is 2.18. The molecule has 0 N–H and O–H groups in total. The number of hydrogen-bond donors (Lipinski definition) is 0. The normalized spacial score (nSPS) is 12.7. The maximum atomic E-state index is 12.0. The van der Waals surface area contributed by atoms with Gasteiger partial charge in [-0.15, -0.1) is 0 Å². The molecule has 0 aliphatic carbocycles. The molecule has 1 aromatic carbocycles. The van der Waals surface area contributed by atoms with Crippen LogP contribution in [0, 0.1) is 6.92 Å². The van der Waals surface area contributed by atoms with Crippen molar-refractivity contribution >= 4 is 0 Å². The number of likely N-dealkylation sites (N-methyl/N-ethyl adjacent to an activating group) is 1. The van der Waals surface area contributed by atoms with Crippen molar-refractivity contribution in [3.8, 4) is 0 Å². The zero-order valence-electron chi connectivity index (χ0n) is 16.4. The average Bonchev–Trinajstić information content (AvgIpc) is 2.60. The number of nitrogens with zero attached hydrogens (tertiary/aromatic N) is 1. The maximum Gasteiger partial charge on any atom is 0.0827 e. The molecule has 1 nitrogen and oxygen atoms in total. The molecule has 0 aliphatic heterocycles. The number of unbranched alkanes of at least 4 members (excludes halogenated alkanes) is 1. The van der Waals surface area contributed by atoms with Crippen LogP contribution in [0.15, 0.2) is 66.2 Å². The Hall–Kier alpha value is -2.09. The molecule has 0 heterocycles. The zero-order chi connectivity index (χ0) is 18.8. The highest BCUT2D eigenvalue weighted by atomic mass is 19.1. The van der Waals surface area contributed by atoms with Crippen LogP contribution in [0.3, 0.4) is 0 Å². The summed E-state index contributed by atoms with van der Waals surface area (Å²) in [5, 5.41) is 0. The number of benzene rings is 1. The third-order valence-corrected chi connectivity index (χ3v) is 4.60. The monoisotopic (exact) mass is 341 g/mol. The number of aryl methyl sites for hydroxylation is 2. The summed E-state index contributed by atoms with van der Waals surface area (Å²) in [5.41, 5.74) is 7.43. The molecule has 0 radical (unpaired) electrons. The van der Waals surface area contributed by atoms with Crippen molar-refractivity contribution in [2.75, 3.05) is 7.05 Å². The fraction of sp³-hybridized carbons (Fsp3) is 0.391. The fourth-order valence-electron chi connectivity index (χ4n) is 2.57. The molecule has 0 fully saturated rings. The van der Waals surface area contributed by atoms with Gasteiger partial charge in [-0.1, -0.05) is 49.4 Å². The van der Waals surface area contributed by atoms with Crippen LogP contribution in [0.2, 0.25) is 0 Å². The highest BCUT2D eigenvalue weighted by molar-refractivity contribution is 5.35. The largest absolute Gasteiger partial charge is 0.371 e. The summed E-state index contributed by atoms with van der Waals surface area (Å²) < 4.78 is 12.0. The molecule has 2 heteroatoms. The van der Waals surface area contributed by atoms with Crippen molar-refractivity contribution in [3.63, 3.8) is 0 Å². The lowest BCUT2D eigenvalue weighted by atomic mass is 10.0. The van der Waals surface area contributed by atoms with Gasteiger partial charge in [0.2, 0.25) is 0 Å². The van der Waals surface area contributed by atoms with Crippen molar-refractivity contribution < 1.29 is 4.39 Å². The van der Waals surface area contributed by atoms with Crippen LogP contribution in [-0.2, 0) is 13.0 Å². The molecule has 1 aromatic rings. The van der Waals surface area contributed by atoms with E-state index in [4.69, 9.17) is 0 Å². The Kier molecular flexibility index (Phi) is 8.98. The summed E-state index contributed by atoms with van der Waals surface area (Å²) in [6.45, 7) is 13.6. The van der Waals surface area contributed by atoms with E-state index >= 15 is 0 Å². The first-order chi connectivity index (χ1) is 11.9. The van der Waals surface area contributed by atoms with Crippen LogP contribution in [0.5, 0.6) is 0 Å². The second-order valence-corrected chi connectivity index (χ2v) is 6.62. The molecule has 25 heavy (non-hydrogen) atoms. The zero-order valence-corrected chi connectivity index (χ0v) is 16.4. The average molecular weight is 342 g/mol. The summed E-state index contributed by atoms with van der Waals surface area (Å²) in [7, 11) is 2.08. The predicted molar refractivity (Wildman–Crippen MR) is 108 cm³/mol. The van der Waals surface area contributed by atoms with Gasteiger partial charge in [-0.25, -0.2) is 4.39 Å². The summed E-state index contributed by atoms with van der Waals surface area (Å²) in [6, 6.07) is 6.69. The summed E-state index contributed by atoms with van der Waals surface area (Å²) in [6.07, 6.45) is 9.06. The van der Waals surface area contributed by atoms with Crippen molar-refractivity contribution in [3.05, 3.63) is 82.9 Å². The van der Waals surface area contributed by atoms with Crippen LogP contribution < -0.4 is 0 Å². The van der Waals surface area contributed by atoms with E-state index in [1.54, 1.807) is 6.08 Å². The Balaban J connectivity index is 2.75. The molecular weight excluding hydrogens is 309 g/mol. The van der Waals surface area contributed by atoms with Gasteiger partial charge in [0.05, 0.1) is 6.33 Å². The van der Waals surface area contributed by atoms with Crippen LogP contribution in [0.1, 0.15) is 50.3 Å². The first kappa shape index (κ1) is 21.0. The van der Waals surface area contributed by atoms with Crippen molar-refractivity contribution in [2.45, 2.75) is 53.5 Å². The van der Waals surface area contributed by atoms with E-state index in [1.165, 1.54) is 27.8 Å². The topological polar surface area (TPSA) is 3.24 Å². The van der Waals surface area contributed by atoms with Gasteiger partial charge in [0, 0.05) is 19.3 Å². The Morgan fingerprint density at radius 2 is 1.92 bits per heavy atom. The smallest absolute Gasteiger partial charge is 0.0827 e. The van der Waals surface area contributed by atoms with E-state index in [2.05, 4.69) is 76.6 Å². The van der Waals surface area contributed by atoms with Crippen LogP contribution in [0.25, 0.3) is 0 Å². The third-order valence-electron chi connectivity index (χ3n) is 4.60. The number of halogens is 1.